The number of fused-ring (bicyclic) bond motifs is 3. The summed E-state index contributed by atoms with van der Waals surface area (Å²) in [4.78, 5) is 12.6. The molecule has 1 aliphatic carbocycles. The van der Waals surface area contributed by atoms with Gasteiger partial charge in [0.15, 0.2) is 0 Å². The molecule has 0 fully saturated rings. The molecule has 0 radical (unpaired) electrons. The molecule has 0 saturated carbocycles. The monoisotopic (exact) mass is 405 g/mol. The van der Waals surface area contributed by atoms with Gasteiger partial charge in [0.2, 0.25) is 5.91 Å². The van der Waals surface area contributed by atoms with Gasteiger partial charge < -0.3 is 19.2 Å². The van der Waals surface area contributed by atoms with Crippen molar-refractivity contribution in [2.45, 2.75) is 39.5 Å². The first-order valence-electron chi connectivity index (χ1n) is 10.4. The van der Waals surface area contributed by atoms with E-state index >= 15 is 0 Å². The summed E-state index contributed by atoms with van der Waals surface area (Å²) in [5.74, 6) is 2.39. The lowest BCUT2D eigenvalue weighted by molar-refractivity contribution is -0.111. The number of furan rings is 1. The number of hydrogen-bond donors (Lipinski definition) is 1. The number of methoxy groups -OCH3 is 1. The van der Waals surface area contributed by atoms with Crippen LogP contribution >= 0.6 is 0 Å². The van der Waals surface area contributed by atoms with E-state index in [0.717, 1.165) is 52.2 Å². The predicted molar refractivity (Wildman–Crippen MR) is 119 cm³/mol. The van der Waals surface area contributed by atoms with Crippen LogP contribution in [0, 0.1) is 0 Å². The molecule has 3 aromatic rings. The molecule has 5 nitrogen and oxygen atoms in total. The zero-order chi connectivity index (χ0) is 21.1. The Hall–Kier alpha value is -3.21. The highest BCUT2D eigenvalue weighted by atomic mass is 16.5. The second kappa shape index (κ2) is 8.66. The summed E-state index contributed by atoms with van der Waals surface area (Å²) < 4.78 is 17.1. The first kappa shape index (κ1) is 20.1. The molecule has 1 aromatic heterocycles. The van der Waals surface area contributed by atoms with Crippen molar-refractivity contribution in [3.8, 4) is 11.5 Å². The van der Waals surface area contributed by atoms with Crippen LogP contribution in [0.25, 0.3) is 16.5 Å². The number of allylic oxidation sites excluding steroid dienone is 1. The molecule has 5 heteroatoms. The van der Waals surface area contributed by atoms with E-state index in [1.807, 2.05) is 44.2 Å². The second-order valence-electron chi connectivity index (χ2n) is 7.53. The fourth-order valence-electron chi connectivity index (χ4n) is 4.00. The first-order chi connectivity index (χ1) is 14.6. The fourth-order valence-corrected chi connectivity index (χ4v) is 4.00. The average molecular weight is 405 g/mol. The number of benzene rings is 2. The zero-order valence-electron chi connectivity index (χ0n) is 17.7. The number of amides is 1. The Bertz CT molecular complexity index is 1090. The Morgan fingerprint density at radius 1 is 1.17 bits per heavy atom. The van der Waals surface area contributed by atoms with Crippen LogP contribution < -0.4 is 14.8 Å². The van der Waals surface area contributed by atoms with Crippen LogP contribution in [0.3, 0.4) is 0 Å². The Kier molecular flexibility index (Phi) is 5.79. The summed E-state index contributed by atoms with van der Waals surface area (Å²) in [6, 6.07) is 11.3. The van der Waals surface area contributed by atoms with Gasteiger partial charge in [-0.3, -0.25) is 4.79 Å². The molecular formula is C25H27NO4. The molecule has 1 N–H and O–H groups in total. The van der Waals surface area contributed by atoms with Crippen LogP contribution in [-0.2, 0) is 17.6 Å². The average Bonchev–Trinajstić information content (AvgIpc) is 3.11. The fraction of sp³-hybridized carbons (Fsp3) is 0.320. The van der Waals surface area contributed by atoms with Gasteiger partial charge in [-0.25, -0.2) is 0 Å². The number of carbonyl (C=O) groups is 1. The first-order valence-corrected chi connectivity index (χ1v) is 10.4. The smallest absolute Gasteiger partial charge is 0.248 e. The van der Waals surface area contributed by atoms with E-state index in [2.05, 4.69) is 11.4 Å². The lowest BCUT2D eigenvalue weighted by atomic mass is 9.94. The van der Waals surface area contributed by atoms with E-state index < -0.39 is 0 Å². The molecule has 0 spiro atoms. The van der Waals surface area contributed by atoms with Crippen molar-refractivity contribution in [2.75, 3.05) is 19.0 Å². The summed E-state index contributed by atoms with van der Waals surface area (Å²) in [7, 11) is 1.61. The molecule has 0 unspecified atom stereocenters. The lowest BCUT2D eigenvalue weighted by Gasteiger charge is -2.12. The van der Waals surface area contributed by atoms with E-state index in [4.69, 9.17) is 13.9 Å². The molecular weight excluding hydrogens is 378 g/mol. The highest BCUT2D eigenvalue weighted by Gasteiger charge is 2.20. The highest BCUT2D eigenvalue weighted by Crippen LogP contribution is 2.38. The zero-order valence-corrected chi connectivity index (χ0v) is 17.7. The Morgan fingerprint density at radius 2 is 1.93 bits per heavy atom. The van der Waals surface area contributed by atoms with E-state index in [0.29, 0.717) is 12.3 Å². The SMILES string of the molecule is CCOc1cc2oc3c(c2cc1/C(C)=C/C(=O)Nc1ccc(OC)cc1)CCCC3. The highest BCUT2D eigenvalue weighted by molar-refractivity contribution is 6.04. The lowest BCUT2D eigenvalue weighted by Crippen LogP contribution is -2.08. The van der Waals surface area contributed by atoms with Crippen LogP contribution in [0.4, 0.5) is 5.69 Å². The Labute approximate surface area is 176 Å². The minimum absolute atomic E-state index is 0.186. The van der Waals surface area contributed by atoms with Crippen molar-refractivity contribution < 1.29 is 18.7 Å². The van der Waals surface area contributed by atoms with Gasteiger partial charge in [0.05, 0.1) is 13.7 Å². The predicted octanol–water partition coefficient (Wildman–Crippen LogP) is 5.76. The molecule has 0 aliphatic heterocycles. The Balaban J connectivity index is 1.65. The molecule has 156 valence electrons. The largest absolute Gasteiger partial charge is 0.497 e. The van der Waals surface area contributed by atoms with Crippen molar-refractivity contribution in [1.29, 1.82) is 0 Å². The van der Waals surface area contributed by atoms with Crippen molar-refractivity contribution in [2.24, 2.45) is 0 Å². The summed E-state index contributed by atoms with van der Waals surface area (Å²) in [6.07, 6.45) is 5.99. The third-order valence-corrected chi connectivity index (χ3v) is 5.49. The topological polar surface area (TPSA) is 60.7 Å². The molecule has 0 bridgehead atoms. The number of anilines is 1. The molecule has 30 heavy (non-hydrogen) atoms. The normalized spacial score (nSPS) is 13.8. The van der Waals surface area contributed by atoms with Gasteiger partial charge in [0.1, 0.15) is 22.8 Å². The van der Waals surface area contributed by atoms with Crippen LogP contribution in [0.1, 0.15) is 43.6 Å². The molecule has 0 saturated heterocycles. The summed E-state index contributed by atoms with van der Waals surface area (Å²) in [5, 5.41) is 4.03. The molecule has 0 atom stereocenters. The molecule has 1 amide bonds. The van der Waals surface area contributed by atoms with Gasteiger partial charge in [0, 0.05) is 40.8 Å². The number of rotatable bonds is 6. The number of ether oxygens (including phenoxy) is 2. The van der Waals surface area contributed by atoms with E-state index in [1.165, 1.54) is 18.4 Å². The third-order valence-electron chi connectivity index (χ3n) is 5.49. The van der Waals surface area contributed by atoms with E-state index in [1.54, 1.807) is 13.2 Å². The summed E-state index contributed by atoms with van der Waals surface area (Å²) >= 11 is 0. The van der Waals surface area contributed by atoms with Gasteiger partial charge in [-0.1, -0.05) is 0 Å². The van der Waals surface area contributed by atoms with Crippen molar-refractivity contribution in [3.63, 3.8) is 0 Å². The van der Waals surface area contributed by atoms with Gasteiger partial charge in [-0.2, -0.15) is 0 Å². The minimum Gasteiger partial charge on any atom is -0.497 e. The van der Waals surface area contributed by atoms with Crippen LogP contribution in [0.5, 0.6) is 11.5 Å². The summed E-state index contributed by atoms with van der Waals surface area (Å²) in [5.41, 5.74) is 4.65. The Morgan fingerprint density at radius 3 is 2.67 bits per heavy atom. The van der Waals surface area contributed by atoms with E-state index in [9.17, 15) is 4.79 Å². The maximum atomic E-state index is 12.6. The van der Waals surface area contributed by atoms with Crippen LogP contribution in [-0.4, -0.2) is 19.6 Å². The van der Waals surface area contributed by atoms with E-state index in [-0.39, 0.29) is 5.91 Å². The molecule has 2 aromatic carbocycles. The van der Waals surface area contributed by atoms with Crippen LogP contribution in [0.2, 0.25) is 0 Å². The molecule has 1 aliphatic rings. The van der Waals surface area contributed by atoms with Crippen LogP contribution in [0.15, 0.2) is 46.9 Å². The summed E-state index contributed by atoms with van der Waals surface area (Å²) in [6.45, 7) is 4.44. The number of hydrogen-bond acceptors (Lipinski definition) is 4. The van der Waals surface area contributed by atoms with Gasteiger partial charge in [0.25, 0.3) is 0 Å². The van der Waals surface area contributed by atoms with Gasteiger partial charge in [-0.15, -0.1) is 0 Å². The van der Waals surface area contributed by atoms with Crippen molar-refractivity contribution in [1.82, 2.24) is 0 Å². The number of carbonyl (C=O) groups excluding carboxylic acids is 1. The quantitative estimate of drug-likeness (QED) is 0.530. The standard InChI is InChI=1S/C25H27NO4/c1-4-29-23-15-24-21(19-7-5-6-8-22(19)30-24)14-20(23)16(2)13-25(27)26-17-9-11-18(28-3)12-10-17/h9-15H,4-8H2,1-3H3,(H,26,27)/b16-13+. The number of aryl methyl sites for hydroxylation is 2. The van der Waals surface area contributed by atoms with Gasteiger partial charge in [-0.05, 0) is 69.0 Å². The van der Waals surface area contributed by atoms with Crippen molar-refractivity contribution >= 4 is 28.1 Å². The van der Waals surface area contributed by atoms with Crippen molar-refractivity contribution in [3.05, 3.63) is 59.4 Å². The van der Waals surface area contributed by atoms with Gasteiger partial charge >= 0.3 is 0 Å². The number of nitrogens with one attached hydrogen (secondary N) is 1. The minimum atomic E-state index is -0.186. The molecule has 1 heterocycles. The second-order valence-corrected chi connectivity index (χ2v) is 7.53. The maximum Gasteiger partial charge on any atom is 0.248 e. The maximum absolute atomic E-state index is 12.6. The molecule has 4 rings (SSSR count). The third kappa shape index (κ3) is 4.06.